The zero-order valence-electron chi connectivity index (χ0n) is 22.1. The van der Waals surface area contributed by atoms with Gasteiger partial charge in [0.15, 0.2) is 5.65 Å². The standard InChI is InChI=1S/C27H37N9O/c1-18(2)21-17-30-36-24(21)31-26(34-12-9-19(15-28)10-13-34)32-25(36)29-16-20-7-5-6-8-22(20)35-14-11-23(33-35)27(3,4)37/h5-8,11,14,17-19,37H,9-10,12-13,15-16,28H2,1-4H3,(H,29,31,32). The van der Waals surface area contributed by atoms with Gasteiger partial charge in [-0.15, -0.1) is 0 Å². The minimum Gasteiger partial charge on any atom is -0.384 e. The number of piperidine rings is 1. The van der Waals surface area contributed by atoms with Gasteiger partial charge in [-0.25, -0.2) is 4.68 Å². The third kappa shape index (κ3) is 5.17. The molecule has 0 aliphatic carbocycles. The van der Waals surface area contributed by atoms with E-state index in [4.69, 9.17) is 15.7 Å². The van der Waals surface area contributed by atoms with Crippen molar-refractivity contribution in [1.82, 2.24) is 29.4 Å². The monoisotopic (exact) mass is 503 g/mol. The summed E-state index contributed by atoms with van der Waals surface area (Å²) < 4.78 is 3.60. The van der Waals surface area contributed by atoms with Crippen molar-refractivity contribution in [3.8, 4) is 5.69 Å². The van der Waals surface area contributed by atoms with Crippen LogP contribution >= 0.6 is 0 Å². The van der Waals surface area contributed by atoms with Gasteiger partial charge in [-0.2, -0.15) is 24.7 Å². The number of nitrogens with zero attached hydrogens (tertiary/aromatic N) is 7. The van der Waals surface area contributed by atoms with Crippen molar-refractivity contribution in [3.63, 3.8) is 0 Å². The molecule has 0 spiro atoms. The van der Waals surface area contributed by atoms with E-state index in [0.717, 1.165) is 60.9 Å². The summed E-state index contributed by atoms with van der Waals surface area (Å²) in [4.78, 5) is 12.1. The third-order valence-corrected chi connectivity index (χ3v) is 7.13. The number of nitrogens with one attached hydrogen (secondary N) is 1. The lowest BCUT2D eigenvalue weighted by Gasteiger charge is -2.31. The van der Waals surface area contributed by atoms with Gasteiger partial charge in [-0.1, -0.05) is 32.0 Å². The van der Waals surface area contributed by atoms with Crippen LogP contribution in [0.5, 0.6) is 0 Å². The van der Waals surface area contributed by atoms with Gasteiger partial charge < -0.3 is 21.1 Å². The lowest BCUT2D eigenvalue weighted by Crippen LogP contribution is -2.37. The van der Waals surface area contributed by atoms with Gasteiger partial charge in [0, 0.05) is 31.4 Å². The topological polar surface area (TPSA) is 122 Å². The molecule has 5 rings (SSSR count). The van der Waals surface area contributed by atoms with Crippen molar-refractivity contribution < 1.29 is 5.11 Å². The van der Waals surface area contributed by atoms with E-state index in [-0.39, 0.29) is 0 Å². The second-order valence-electron chi connectivity index (χ2n) is 10.7. The van der Waals surface area contributed by atoms with Gasteiger partial charge in [0.05, 0.1) is 17.6 Å². The SMILES string of the molecule is CC(C)c1cnn2c(NCc3ccccc3-n3ccc(C(C)(C)O)n3)nc(N3CCC(CN)CC3)nc12. The van der Waals surface area contributed by atoms with Crippen molar-refractivity contribution in [1.29, 1.82) is 0 Å². The zero-order valence-corrected chi connectivity index (χ0v) is 22.1. The molecule has 4 heterocycles. The Morgan fingerprint density at radius 2 is 1.89 bits per heavy atom. The van der Waals surface area contributed by atoms with E-state index >= 15 is 0 Å². The number of anilines is 2. The van der Waals surface area contributed by atoms with E-state index in [9.17, 15) is 5.11 Å². The molecule has 1 aliphatic rings. The summed E-state index contributed by atoms with van der Waals surface area (Å²) in [5.74, 6) is 2.24. The molecule has 1 aliphatic heterocycles. The van der Waals surface area contributed by atoms with Crippen LogP contribution in [0.4, 0.5) is 11.9 Å². The highest BCUT2D eigenvalue weighted by atomic mass is 16.3. The third-order valence-electron chi connectivity index (χ3n) is 7.13. The van der Waals surface area contributed by atoms with E-state index in [0.29, 0.717) is 30.0 Å². The summed E-state index contributed by atoms with van der Waals surface area (Å²) in [5, 5.41) is 23.1. The second kappa shape index (κ2) is 10.1. The molecular formula is C27H37N9O. The molecule has 1 aromatic carbocycles. The maximum absolute atomic E-state index is 10.4. The van der Waals surface area contributed by atoms with Crippen LogP contribution in [-0.4, -0.2) is 54.1 Å². The summed E-state index contributed by atoms with van der Waals surface area (Å²) >= 11 is 0. The number of aromatic nitrogens is 6. The van der Waals surface area contributed by atoms with Crippen molar-refractivity contribution in [3.05, 3.63) is 59.5 Å². The summed E-state index contributed by atoms with van der Waals surface area (Å²) in [6.07, 6.45) is 5.86. The smallest absolute Gasteiger partial charge is 0.230 e. The lowest BCUT2D eigenvalue weighted by atomic mass is 9.97. The van der Waals surface area contributed by atoms with E-state index in [2.05, 4.69) is 40.3 Å². The highest BCUT2D eigenvalue weighted by molar-refractivity contribution is 5.56. The van der Waals surface area contributed by atoms with Gasteiger partial charge >= 0.3 is 0 Å². The molecule has 1 saturated heterocycles. The number of fused-ring (bicyclic) bond motifs is 1. The van der Waals surface area contributed by atoms with Crippen LogP contribution in [0.2, 0.25) is 0 Å². The van der Waals surface area contributed by atoms with Gasteiger partial charge in [-0.05, 0) is 62.8 Å². The minimum absolute atomic E-state index is 0.293. The van der Waals surface area contributed by atoms with Gasteiger partial charge in [0.1, 0.15) is 5.60 Å². The zero-order chi connectivity index (χ0) is 26.2. The molecule has 0 saturated carbocycles. The van der Waals surface area contributed by atoms with E-state index in [1.165, 1.54) is 0 Å². The molecular weight excluding hydrogens is 466 g/mol. The maximum atomic E-state index is 10.4. The minimum atomic E-state index is -1.01. The Balaban J connectivity index is 1.46. The molecule has 10 nitrogen and oxygen atoms in total. The van der Waals surface area contributed by atoms with E-state index in [1.807, 2.05) is 36.7 Å². The predicted molar refractivity (Wildman–Crippen MR) is 145 cm³/mol. The molecule has 0 atom stereocenters. The fraction of sp³-hybridized carbons (Fsp3) is 0.481. The van der Waals surface area contributed by atoms with Crippen LogP contribution in [0, 0.1) is 5.92 Å². The molecule has 196 valence electrons. The fourth-order valence-electron chi connectivity index (χ4n) is 4.76. The predicted octanol–water partition coefficient (Wildman–Crippen LogP) is 3.45. The van der Waals surface area contributed by atoms with Gasteiger partial charge in [0.25, 0.3) is 0 Å². The van der Waals surface area contributed by atoms with Crippen LogP contribution in [0.15, 0.2) is 42.7 Å². The largest absolute Gasteiger partial charge is 0.384 e. The number of aliphatic hydroxyl groups is 1. The van der Waals surface area contributed by atoms with Crippen molar-refractivity contribution in [2.45, 2.75) is 58.6 Å². The lowest BCUT2D eigenvalue weighted by molar-refractivity contribution is 0.0734. The average Bonchev–Trinajstić information content (AvgIpc) is 3.55. The second-order valence-corrected chi connectivity index (χ2v) is 10.7. The Kier molecular flexibility index (Phi) is 6.87. The first-order valence-electron chi connectivity index (χ1n) is 13.1. The summed E-state index contributed by atoms with van der Waals surface area (Å²) in [5.41, 5.74) is 9.43. The summed E-state index contributed by atoms with van der Waals surface area (Å²) in [7, 11) is 0. The molecule has 0 radical (unpaired) electrons. The quantitative estimate of drug-likeness (QED) is 0.334. The van der Waals surface area contributed by atoms with Crippen LogP contribution in [0.3, 0.4) is 0 Å². The normalized spacial score (nSPS) is 15.2. The van der Waals surface area contributed by atoms with Crippen molar-refractivity contribution >= 4 is 17.5 Å². The highest BCUT2D eigenvalue weighted by Crippen LogP contribution is 2.27. The van der Waals surface area contributed by atoms with Crippen LogP contribution in [-0.2, 0) is 12.1 Å². The molecule has 10 heteroatoms. The number of hydrogen-bond acceptors (Lipinski definition) is 8. The Hall–Kier alpha value is -3.50. The number of rotatable bonds is 8. The number of benzene rings is 1. The van der Waals surface area contributed by atoms with Gasteiger partial charge in [-0.3, -0.25) is 0 Å². The summed E-state index contributed by atoms with van der Waals surface area (Å²) in [6, 6.07) is 9.92. The van der Waals surface area contributed by atoms with E-state index in [1.54, 1.807) is 23.0 Å². The van der Waals surface area contributed by atoms with E-state index < -0.39 is 5.60 Å². The number of para-hydroxylation sites is 1. The molecule has 37 heavy (non-hydrogen) atoms. The fourth-order valence-corrected chi connectivity index (χ4v) is 4.76. The molecule has 3 aromatic heterocycles. The first-order valence-corrected chi connectivity index (χ1v) is 13.1. The van der Waals surface area contributed by atoms with Crippen LogP contribution < -0.4 is 16.0 Å². The first-order chi connectivity index (χ1) is 17.7. The molecule has 1 fully saturated rings. The Morgan fingerprint density at radius 3 is 2.57 bits per heavy atom. The number of nitrogens with two attached hydrogens (primary N) is 1. The molecule has 0 bridgehead atoms. The Morgan fingerprint density at radius 1 is 1.14 bits per heavy atom. The Bertz CT molecular complexity index is 1360. The molecule has 0 unspecified atom stereocenters. The average molecular weight is 504 g/mol. The van der Waals surface area contributed by atoms with Crippen molar-refractivity contribution in [2.75, 3.05) is 29.9 Å². The number of hydrogen-bond donors (Lipinski definition) is 3. The molecule has 4 N–H and O–H groups in total. The first kappa shape index (κ1) is 25.2. The van der Waals surface area contributed by atoms with Crippen LogP contribution in [0.25, 0.3) is 11.3 Å². The van der Waals surface area contributed by atoms with Gasteiger partial charge in [0.2, 0.25) is 11.9 Å². The highest BCUT2D eigenvalue weighted by Gasteiger charge is 2.23. The summed E-state index contributed by atoms with van der Waals surface area (Å²) in [6.45, 7) is 10.8. The molecule has 0 amide bonds. The van der Waals surface area contributed by atoms with Crippen molar-refractivity contribution in [2.24, 2.45) is 11.7 Å². The Labute approximate surface area is 217 Å². The van der Waals surface area contributed by atoms with Crippen LogP contribution in [0.1, 0.15) is 63.3 Å². The maximum Gasteiger partial charge on any atom is 0.230 e. The molecule has 4 aromatic rings.